The molecule has 2 nitrogen and oxygen atoms in total. The van der Waals surface area contributed by atoms with Gasteiger partial charge in [0.2, 0.25) is 0 Å². The first-order valence-corrected chi connectivity index (χ1v) is 4.71. The predicted molar refractivity (Wildman–Crippen MR) is 61.9 cm³/mol. The summed E-state index contributed by atoms with van der Waals surface area (Å²) in [5.74, 6) is -0.228. The SMILES string of the molecule is CC(=O)OCC(C)(C)c1ccccc1.[Al+3].[Cl-].[Cl-].[Cl-]. The first-order chi connectivity index (χ1) is 6.52. The normalized spacial score (nSPS) is 8.61. The number of carbonyl (C=O) groups excluding carboxylic acids is 1. The van der Waals surface area contributed by atoms with Gasteiger partial charge in [-0.2, -0.15) is 0 Å². The van der Waals surface area contributed by atoms with Crippen molar-refractivity contribution in [2.24, 2.45) is 0 Å². The summed E-state index contributed by atoms with van der Waals surface area (Å²) in [7, 11) is 0. The molecule has 0 saturated carbocycles. The summed E-state index contributed by atoms with van der Waals surface area (Å²) < 4.78 is 5.02. The van der Waals surface area contributed by atoms with E-state index in [2.05, 4.69) is 13.8 Å². The number of esters is 1. The molecule has 1 aromatic rings. The fraction of sp³-hybridized carbons (Fsp3) is 0.417. The second-order valence-electron chi connectivity index (χ2n) is 4.03. The van der Waals surface area contributed by atoms with Gasteiger partial charge in [0.25, 0.3) is 0 Å². The minimum absolute atomic E-state index is 0. The van der Waals surface area contributed by atoms with Crippen LogP contribution in [0.2, 0.25) is 0 Å². The molecule has 0 aliphatic carbocycles. The van der Waals surface area contributed by atoms with Crippen LogP contribution in [0.15, 0.2) is 30.3 Å². The van der Waals surface area contributed by atoms with Gasteiger partial charge in [0.1, 0.15) is 6.61 Å². The molecule has 0 radical (unpaired) electrons. The van der Waals surface area contributed by atoms with Crippen molar-refractivity contribution >= 4 is 23.3 Å². The van der Waals surface area contributed by atoms with E-state index < -0.39 is 0 Å². The van der Waals surface area contributed by atoms with Gasteiger partial charge in [-0.25, -0.2) is 0 Å². The maximum absolute atomic E-state index is 10.7. The maximum atomic E-state index is 10.7. The molecule has 0 N–H and O–H groups in total. The molecule has 0 fully saturated rings. The van der Waals surface area contributed by atoms with Crippen LogP contribution in [0.4, 0.5) is 0 Å². The summed E-state index contributed by atoms with van der Waals surface area (Å²) in [5, 5.41) is 0. The van der Waals surface area contributed by atoms with E-state index in [-0.39, 0.29) is 66.0 Å². The molecule has 0 spiro atoms. The van der Waals surface area contributed by atoms with E-state index in [9.17, 15) is 4.79 Å². The molecule has 0 amide bonds. The Morgan fingerprint density at radius 3 is 1.94 bits per heavy atom. The fourth-order valence-corrected chi connectivity index (χ4v) is 1.25. The van der Waals surface area contributed by atoms with Crippen molar-refractivity contribution in [3.63, 3.8) is 0 Å². The zero-order chi connectivity index (χ0) is 10.6. The number of rotatable bonds is 3. The molecule has 0 saturated heterocycles. The van der Waals surface area contributed by atoms with Crippen molar-refractivity contribution in [1.82, 2.24) is 0 Å². The molecule has 100 valence electrons. The van der Waals surface area contributed by atoms with E-state index in [1.165, 1.54) is 12.5 Å². The monoisotopic (exact) mass is 324 g/mol. The van der Waals surface area contributed by atoms with Gasteiger partial charge in [-0.05, 0) is 5.56 Å². The van der Waals surface area contributed by atoms with Crippen LogP contribution in [-0.2, 0) is 14.9 Å². The van der Waals surface area contributed by atoms with Gasteiger partial charge in [-0.1, -0.05) is 44.2 Å². The van der Waals surface area contributed by atoms with Crippen LogP contribution in [0.3, 0.4) is 0 Å². The Hall–Kier alpha value is 0.0925. The van der Waals surface area contributed by atoms with E-state index in [1.54, 1.807) is 0 Å². The van der Waals surface area contributed by atoms with Crippen LogP contribution in [0.25, 0.3) is 0 Å². The molecule has 0 aliphatic rings. The first kappa shape index (κ1) is 26.6. The molecule has 0 aliphatic heterocycles. The van der Waals surface area contributed by atoms with Crippen LogP contribution >= 0.6 is 0 Å². The van der Waals surface area contributed by atoms with Gasteiger partial charge in [-0.3, -0.25) is 4.79 Å². The first-order valence-electron chi connectivity index (χ1n) is 4.71. The summed E-state index contributed by atoms with van der Waals surface area (Å²) in [6.45, 7) is 5.98. The number of benzene rings is 1. The van der Waals surface area contributed by atoms with Gasteiger partial charge in [0.05, 0.1) is 0 Å². The second kappa shape index (κ2) is 12.1. The van der Waals surface area contributed by atoms with E-state index in [1.807, 2.05) is 30.3 Å². The number of ether oxygens (including phenoxy) is 1. The van der Waals surface area contributed by atoms with E-state index in [0.717, 1.165) is 0 Å². The number of hydrogen-bond donors (Lipinski definition) is 0. The average molecular weight is 326 g/mol. The Kier molecular flexibility index (Phi) is 18.0. The Morgan fingerprint density at radius 2 is 1.56 bits per heavy atom. The van der Waals surface area contributed by atoms with Crippen LogP contribution in [0.5, 0.6) is 0 Å². The minimum Gasteiger partial charge on any atom is -1.00 e. The number of carbonyl (C=O) groups is 1. The van der Waals surface area contributed by atoms with Crippen molar-refractivity contribution < 1.29 is 46.8 Å². The van der Waals surface area contributed by atoms with E-state index in [4.69, 9.17) is 4.74 Å². The number of hydrogen-bond acceptors (Lipinski definition) is 2. The maximum Gasteiger partial charge on any atom is 3.00 e. The zero-order valence-electron chi connectivity index (χ0n) is 10.6. The third kappa shape index (κ3) is 9.08. The Morgan fingerprint density at radius 1 is 1.11 bits per heavy atom. The van der Waals surface area contributed by atoms with Gasteiger partial charge in [0.15, 0.2) is 0 Å². The van der Waals surface area contributed by atoms with Crippen LogP contribution in [0.1, 0.15) is 26.3 Å². The zero-order valence-corrected chi connectivity index (χ0v) is 14.0. The van der Waals surface area contributed by atoms with Crippen LogP contribution < -0.4 is 37.2 Å². The van der Waals surface area contributed by atoms with Crippen molar-refractivity contribution in [2.45, 2.75) is 26.2 Å². The molecular weight excluding hydrogens is 309 g/mol. The third-order valence-corrected chi connectivity index (χ3v) is 2.19. The molecule has 0 aromatic heterocycles. The van der Waals surface area contributed by atoms with Crippen molar-refractivity contribution in [1.29, 1.82) is 0 Å². The van der Waals surface area contributed by atoms with Gasteiger partial charge < -0.3 is 42.0 Å². The van der Waals surface area contributed by atoms with Crippen molar-refractivity contribution in [3.8, 4) is 0 Å². The fourth-order valence-electron chi connectivity index (χ4n) is 1.25. The van der Waals surface area contributed by atoms with Crippen molar-refractivity contribution in [2.75, 3.05) is 6.61 Å². The second-order valence-corrected chi connectivity index (χ2v) is 4.03. The van der Waals surface area contributed by atoms with E-state index >= 15 is 0 Å². The largest absolute Gasteiger partial charge is 3.00 e. The van der Waals surface area contributed by atoms with Crippen molar-refractivity contribution in [3.05, 3.63) is 35.9 Å². The molecular formula is C12H16AlCl3O2. The summed E-state index contributed by atoms with van der Waals surface area (Å²) in [6.07, 6.45) is 0. The smallest absolute Gasteiger partial charge is 1.00 e. The standard InChI is InChI=1S/C12H16O2.Al.3ClH/c1-10(13)14-9-12(2,3)11-7-5-4-6-8-11;;;;/h4-8H,9H2,1-3H3;;3*1H/q;+3;;;/p-3. The minimum atomic E-state index is -0.228. The van der Waals surface area contributed by atoms with Crippen LogP contribution in [0, 0.1) is 0 Å². The van der Waals surface area contributed by atoms with E-state index in [0.29, 0.717) is 6.61 Å². The average Bonchev–Trinajstić information content (AvgIpc) is 2.16. The van der Waals surface area contributed by atoms with Crippen LogP contribution in [-0.4, -0.2) is 29.9 Å². The van der Waals surface area contributed by atoms with Gasteiger partial charge in [0, 0.05) is 12.3 Å². The molecule has 0 atom stereocenters. The summed E-state index contributed by atoms with van der Waals surface area (Å²) in [4.78, 5) is 10.7. The molecule has 18 heavy (non-hydrogen) atoms. The Balaban J connectivity index is -0.000000245. The quantitative estimate of drug-likeness (QED) is 0.408. The van der Waals surface area contributed by atoms with Gasteiger partial charge >= 0.3 is 23.3 Å². The summed E-state index contributed by atoms with van der Waals surface area (Å²) >= 11 is 0. The van der Waals surface area contributed by atoms with Gasteiger partial charge in [-0.15, -0.1) is 0 Å². The topological polar surface area (TPSA) is 26.3 Å². The predicted octanol–water partition coefficient (Wildman–Crippen LogP) is -6.84. The Bertz CT molecular complexity index is 318. The third-order valence-electron chi connectivity index (χ3n) is 2.19. The number of halogens is 3. The molecule has 0 bridgehead atoms. The molecule has 1 rings (SSSR count). The molecule has 0 unspecified atom stereocenters. The molecule has 6 heteroatoms. The summed E-state index contributed by atoms with van der Waals surface area (Å²) in [5.41, 5.74) is 1.06. The molecule has 0 heterocycles. The summed E-state index contributed by atoms with van der Waals surface area (Å²) in [6, 6.07) is 10.0. The molecule has 1 aromatic carbocycles. The Labute approximate surface area is 138 Å².